The molecule has 1 heteroatoms. The summed E-state index contributed by atoms with van der Waals surface area (Å²) >= 11 is 0. The second kappa shape index (κ2) is 9.41. The molecule has 0 atom stereocenters. The van der Waals surface area contributed by atoms with E-state index in [2.05, 4.69) is 44.3 Å². The predicted octanol–water partition coefficient (Wildman–Crippen LogP) is 4.08. The highest BCUT2D eigenvalue weighted by atomic mass is 14.9. The maximum atomic E-state index is 3.37. The van der Waals surface area contributed by atoms with Crippen LogP contribution in [-0.2, 0) is 13.0 Å². The molecule has 1 aliphatic rings. The van der Waals surface area contributed by atoms with Crippen LogP contribution in [0.4, 0.5) is 0 Å². The van der Waals surface area contributed by atoms with Crippen LogP contribution in [0.2, 0.25) is 0 Å². The van der Waals surface area contributed by atoms with Gasteiger partial charge in [0.05, 0.1) is 0 Å². The molecule has 1 N–H and O–H groups in total. The molecule has 0 radical (unpaired) electrons. The maximum Gasteiger partial charge on any atom is 0.0208 e. The molecule has 0 spiro atoms. The molecule has 16 heavy (non-hydrogen) atoms. The van der Waals surface area contributed by atoms with Crippen molar-refractivity contribution < 1.29 is 0 Å². The van der Waals surface area contributed by atoms with E-state index < -0.39 is 0 Å². The lowest BCUT2D eigenvalue weighted by Crippen LogP contribution is -2.23. The lowest BCUT2D eigenvalue weighted by atomic mass is 9.99. The zero-order valence-electron chi connectivity index (χ0n) is 11.6. The van der Waals surface area contributed by atoms with Crippen molar-refractivity contribution in [3.63, 3.8) is 0 Å². The van der Waals surface area contributed by atoms with Gasteiger partial charge in [0.25, 0.3) is 0 Å². The summed E-state index contributed by atoms with van der Waals surface area (Å²) in [6.07, 6.45) is 2.44. The van der Waals surface area contributed by atoms with E-state index in [4.69, 9.17) is 0 Å². The Morgan fingerprint density at radius 3 is 2.38 bits per heavy atom. The van der Waals surface area contributed by atoms with Crippen molar-refractivity contribution in [3.05, 3.63) is 34.9 Å². The Balaban J connectivity index is 0.000000394. The van der Waals surface area contributed by atoms with Crippen LogP contribution in [0, 0.1) is 6.92 Å². The SMILES string of the molecule is CC.CCC.Cc1ccc2c(c1)CNCC2. The lowest BCUT2D eigenvalue weighted by Gasteiger charge is -2.16. The van der Waals surface area contributed by atoms with E-state index in [1.807, 2.05) is 13.8 Å². The molecule has 0 fully saturated rings. The molecule has 0 saturated heterocycles. The Morgan fingerprint density at radius 2 is 1.75 bits per heavy atom. The van der Waals surface area contributed by atoms with Gasteiger partial charge in [0, 0.05) is 6.54 Å². The molecule has 2 rings (SSSR count). The van der Waals surface area contributed by atoms with Crippen molar-refractivity contribution >= 4 is 0 Å². The van der Waals surface area contributed by atoms with Gasteiger partial charge in [0.1, 0.15) is 0 Å². The second-order valence-corrected chi connectivity index (χ2v) is 3.91. The zero-order valence-corrected chi connectivity index (χ0v) is 11.6. The molecule has 1 aliphatic heterocycles. The average molecular weight is 221 g/mol. The largest absolute Gasteiger partial charge is 0.312 e. The second-order valence-electron chi connectivity index (χ2n) is 3.91. The third-order valence-corrected chi connectivity index (χ3v) is 2.25. The Morgan fingerprint density at radius 1 is 1.12 bits per heavy atom. The highest BCUT2D eigenvalue weighted by Crippen LogP contribution is 2.14. The molecule has 1 heterocycles. The summed E-state index contributed by atoms with van der Waals surface area (Å²) in [7, 11) is 0. The monoisotopic (exact) mass is 221 g/mol. The molecule has 0 saturated carbocycles. The van der Waals surface area contributed by atoms with E-state index in [0.29, 0.717) is 0 Å². The highest BCUT2D eigenvalue weighted by molar-refractivity contribution is 5.32. The molecule has 0 unspecified atom stereocenters. The van der Waals surface area contributed by atoms with Crippen molar-refractivity contribution in [2.75, 3.05) is 6.54 Å². The van der Waals surface area contributed by atoms with Crippen LogP contribution in [0.25, 0.3) is 0 Å². The Labute approximate surface area is 101 Å². The standard InChI is InChI=1S/C10H13N.C3H8.C2H6/c1-8-2-3-9-4-5-11-7-10(9)6-8;1-3-2;1-2/h2-3,6,11H,4-5,7H2,1H3;3H2,1-2H3;1-2H3. The third-order valence-electron chi connectivity index (χ3n) is 2.25. The maximum absolute atomic E-state index is 3.37. The van der Waals surface area contributed by atoms with E-state index in [1.165, 1.54) is 29.5 Å². The van der Waals surface area contributed by atoms with Gasteiger partial charge in [0.2, 0.25) is 0 Å². The highest BCUT2D eigenvalue weighted by Gasteiger charge is 2.06. The summed E-state index contributed by atoms with van der Waals surface area (Å²) in [4.78, 5) is 0. The first-order valence-electron chi connectivity index (χ1n) is 6.57. The average Bonchev–Trinajstić information content (AvgIpc) is 2.32. The smallest absolute Gasteiger partial charge is 0.0208 e. The van der Waals surface area contributed by atoms with E-state index in [9.17, 15) is 0 Å². The van der Waals surface area contributed by atoms with Gasteiger partial charge in [-0.3, -0.25) is 0 Å². The molecular formula is C15H27N. The number of fused-ring (bicyclic) bond motifs is 1. The van der Waals surface area contributed by atoms with Crippen LogP contribution in [0.1, 0.15) is 50.8 Å². The molecule has 0 amide bonds. The van der Waals surface area contributed by atoms with Crippen molar-refractivity contribution in [1.82, 2.24) is 5.32 Å². The summed E-state index contributed by atoms with van der Waals surface area (Å²) in [5.74, 6) is 0. The fourth-order valence-electron chi connectivity index (χ4n) is 1.61. The van der Waals surface area contributed by atoms with Gasteiger partial charge in [-0.2, -0.15) is 0 Å². The minimum atomic E-state index is 1.05. The molecule has 92 valence electrons. The molecule has 0 aromatic heterocycles. The summed E-state index contributed by atoms with van der Waals surface area (Å²) < 4.78 is 0. The Hall–Kier alpha value is -0.820. The van der Waals surface area contributed by atoms with Crippen molar-refractivity contribution in [2.24, 2.45) is 0 Å². The number of rotatable bonds is 0. The number of nitrogens with one attached hydrogen (secondary N) is 1. The number of hydrogen-bond donors (Lipinski definition) is 1. The molecule has 1 nitrogen and oxygen atoms in total. The number of benzene rings is 1. The van der Waals surface area contributed by atoms with Crippen LogP contribution in [0.5, 0.6) is 0 Å². The van der Waals surface area contributed by atoms with E-state index in [0.717, 1.165) is 13.1 Å². The van der Waals surface area contributed by atoms with Gasteiger partial charge in [0.15, 0.2) is 0 Å². The zero-order chi connectivity index (χ0) is 12.4. The van der Waals surface area contributed by atoms with Gasteiger partial charge in [-0.15, -0.1) is 0 Å². The Kier molecular flexibility index (Phi) is 8.93. The van der Waals surface area contributed by atoms with Crippen LogP contribution in [0.15, 0.2) is 18.2 Å². The topological polar surface area (TPSA) is 12.0 Å². The summed E-state index contributed by atoms with van der Waals surface area (Å²) in [5.41, 5.74) is 4.37. The van der Waals surface area contributed by atoms with E-state index in [1.54, 1.807) is 0 Å². The van der Waals surface area contributed by atoms with Crippen LogP contribution < -0.4 is 5.32 Å². The molecule has 0 aliphatic carbocycles. The molecule has 0 bridgehead atoms. The van der Waals surface area contributed by atoms with Crippen molar-refractivity contribution in [3.8, 4) is 0 Å². The predicted molar refractivity (Wildman–Crippen MR) is 73.9 cm³/mol. The Bertz CT molecular complexity index is 279. The van der Waals surface area contributed by atoms with Crippen LogP contribution in [0.3, 0.4) is 0 Å². The van der Waals surface area contributed by atoms with Gasteiger partial charge in [-0.1, -0.05) is 57.9 Å². The lowest BCUT2D eigenvalue weighted by molar-refractivity contribution is 0.643. The van der Waals surface area contributed by atoms with Gasteiger partial charge in [-0.25, -0.2) is 0 Å². The summed E-state index contributed by atoms with van der Waals surface area (Å²) in [5, 5.41) is 3.37. The van der Waals surface area contributed by atoms with E-state index in [-0.39, 0.29) is 0 Å². The normalized spacial score (nSPS) is 12.6. The quantitative estimate of drug-likeness (QED) is 0.696. The van der Waals surface area contributed by atoms with Gasteiger partial charge >= 0.3 is 0 Å². The van der Waals surface area contributed by atoms with Crippen molar-refractivity contribution in [2.45, 2.75) is 54.0 Å². The fraction of sp³-hybridized carbons (Fsp3) is 0.600. The number of hydrogen-bond acceptors (Lipinski definition) is 1. The third kappa shape index (κ3) is 5.32. The first-order chi connectivity index (χ1) is 7.77. The van der Waals surface area contributed by atoms with E-state index >= 15 is 0 Å². The number of aryl methyl sites for hydroxylation is 1. The minimum absolute atomic E-state index is 1.05. The van der Waals surface area contributed by atoms with Crippen LogP contribution >= 0.6 is 0 Å². The first kappa shape index (κ1) is 15.2. The first-order valence-corrected chi connectivity index (χ1v) is 6.57. The van der Waals surface area contributed by atoms with Crippen LogP contribution in [-0.4, -0.2) is 6.54 Å². The molecular weight excluding hydrogens is 194 g/mol. The molecule has 1 aromatic carbocycles. The van der Waals surface area contributed by atoms with Gasteiger partial charge in [-0.05, 0) is 31.0 Å². The van der Waals surface area contributed by atoms with Gasteiger partial charge < -0.3 is 5.32 Å². The minimum Gasteiger partial charge on any atom is -0.312 e. The van der Waals surface area contributed by atoms with Crippen molar-refractivity contribution in [1.29, 1.82) is 0 Å². The summed E-state index contributed by atoms with van der Waals surface area (Å²) in [6.45, 7) is 12.6. The molecule has 1 aromatic rings. The fourth-order valence-corrected chi connectivity index (χ4v) is 1.61. The summed E-state index contributed by atoms with van der Waals surface area (Å²) in [6, 6.07) is 6.73.